The van der Waals surface area contributed by atoms with Gasteiger partial charge in [0.05, 0.1) is 22.8 Å². The summed E-state index contributed by atoms with van der Waals surface area (Å²) in [6, 6.07) is 10.9. The molecule has 25 heavy (non-hydrogen) atoms. The number of hydrogen-bond acceptors (Lipinski definition) is 4. The minimum Gasteiger partial charge on any atom is -0.490 e. The number of hydrogen-bond donors (Lipinski definition) is 1. The number of rotatable bonds is 3. The van der Waals surface area contributed by atoms with E-state index in [0.717, 1.165) is 42.8 Å². The first-order valence-corrected chi connectivity index (χ1v) is 10.1. The summed E-state index contributed by atoms with van der Waals surface area (Å²) in [7, 11) is -1.62. The van der Waals surface area contributed by atoms with Gasteiger partial charge in [0.15, 0.2) is 0 Å². The van der Waals surface area contributed by atoms with E-state index in [9.17, 15) is 8.42 Å². The van der Waals surface area contributed by atoms with E-state index < -0.39 is 10.0 Å². The zero-order valence-electron chi connectivity index (χ0n) is 14.3. The first-order valence-electron chi connectivity index (χ1n) is 8.65. The second-order valence-corrected chi connectivity index (χ2v) is 8.38. The van der Waals surface area contributed by atoms with E-state index in [0.29, 0.717) is 17.2 Å². The molecule has 6 heteroatoms. The zero-order chi connectivity index (χ0) is 17.4. The molecule has 2 aliphatic rings. The van der Waals surface area contributed by atoms with Gasteiger partial charge in [0.25, 0.3) is 10.0 Å². The molecule has 0 radical (unpaired) electrons. The Kier molecular flexibility index (Phi) is 4.07. The highest BCUT2D eigenvalue weighted by atomic mass is 32.2. The van der Waals surface area contributed by atoms with Crippen molar-refractivity contribution in [3.63, 3.8) is 0 Å². The van der Waals surface area contributed by atoms with Crippen LogP contribution in [0, 0.1) is 0 Å². The third-order valence-corrected chi connectivity index (χ3v) is 6.32. The van der Waals surface area contributed by atoms with Gasteiger partial charge in [-0.1, -0.05) is 6.07 Å². The molecule has 4 rings (SSSR count). The quantitative estimate of drug-likeness (QED) is 0.915. The summed E-state index contributed by atoms with van der Waals surface area (Å²) < 4.78 is 33.9. The van der Waals surface area contributed by atoms with Crippen LogP contribution in [0.4, 0.5) is 11.4 Å². The molecule has 5 nitrogen and oxygen atoms in total. The third-order valence-electron chi connectivity index (χ3n) is 4.94. The van der Waals surface area contributed by atoms with E-state index in [1.54, 1.807) is 12.1 Å². The fourth-order valence-electron chi connectivity index (χ4n) is 3.51. The summed E-state index contributed by atoms with van der Waals surface area (Å²) in [5, 5.41) is 0. The van der Waals surface area contributed by atoms with Crippen molar-refractivity contribution in [2.24, 2.45) is 0 Å². The van der Waals surface area contributed by atoms with E-state index in [1.807, 2.05) is 31.3 Å². The molecule has 0 bridgehead atoms. The van der Waals surface area contributed by atoms with Crippen molar-refractivity contribution in [3.8, 4) is 5.75 Å². The molecule has 2 aromatic carbocycles. The van der Waals surface area contributed by atoms with E-state index in [2.05, 4.69) is 9.62 Å². The number of anilines is 2. The van der Waals surface area contributed by atoms with Crippen LogP contribution in [0.25, 0.3) is 0 Å². The van der Waals surface area contributed by atoms with E-state index in [-0.39, 0.29) is 0 Å². The summed E-state index contributed by atoms with van der Waals surface area (Å²) >= 11 is 0. The van der Waals surface area contributed by atoms with Crippen molar-refractivity contribution < 1.29 is 13.2 Å². The minimum absolute atomic E-state index is 0.329. The van der Waals surface area contributed by atoms with E-state index in [4.69, 9.17) is 4.74 Å². The summed E-state index contributed by atoms with van der Waals surface area (Å²) in [6.07, 6.45) is 4.31. The van der Waals surface area contributed by atoms with Gasteiger partial charge in [0, 0.05) is 7.05 Å². The van der Waals surface area contributed by atoms with Crippen molar-refractivity contribution in [1.82, 2.24) is 0 Å². The Morgan fingerprint density at radius 3 is 2.68 bits per heavy atom. The predicted molar refractivity (Wildman–Crippen MR) is 99.1 cm³/mol. The SMILES string of the molecule is CN1CCOc2ccc(NS(=O)(=O)c3ccc4c(c3)CCCC4)cc21. The molecule has 132 valence electrons. The topological polar surface area (TPSA) is 58.6 Å². The number of likely N-dealkylation sites (N-methyl/N-ethyl adjacent to an activating group) is 1. The van der Waals surface area contributed by atoms with E-state index >= 15 is 0 Å². The molecule has 0 unspecified atom stereocenters. The average molecular weight is 358 g/mol. The van der Waals surface area contributed by atoms with Crippen LogP contribution in [-0.4, -0.2) is 28.6 Å². The van der Waals surface area contributed by atoms with Crippen LogP contribution in [0.15, 0.2) is 41.3 Å². The summed E-state index contributed by atoms with van der Waals surface area (Å²) in [4.78, 5) is 2.39. The number of aryl methyl sites for hydroxylation is 2. The van der Waals surface area contributed by atoms with Crippen LogP contribution in [-0.2, 0) is 22.9 Å². The predicted octanol–water partition coefficient (Wildman–Crippen LogP) is 3.19. The first-order chi connectivity index (χ1) is 12.0. The number of nitrogens with one attached hydrogen (secondary N) is 1. The van der Waals surface area contributed by atoms with Gasteiger partial charge in [-0.05, 0) is 67.1 Å². The highest BCUT2D eigenvalue weighted by Gasteiger charge is 2.20. The Hall–Kier alpha value is -2.21. The number of fused-ring (bicyclic) bond motifs is 2. The van der Waals surface area contributed by atoms with Crippen LogP contribution in [0.2, 0.25) is 0 Å². The van der Waals surface area contributed by atoms with Crippen molar-refractivity contribution in [3.05, 3.63) is 47.5 Å². The smallest absolute Gasteiger partial charge is 0.261 e. The minimum atomic E-state index is -3.60. The van der Waals surface area contributed by atoms with Crippen LogP contribution in [0.3, 0.4) is 0 Å². The maximum absolute atomic E-state index is 12.8. The standard InChI is InChI=1S/C19H22N2O3S/c1-21-10-11-24-19-9-7-16(13-18(19)21)20-25(22,23)17-8-6-14-4-2-3-5-15(14)12-17/h6-9,12-13,20H,2-5,10-11H2,1H3. The molecule has 0 amide bonds. The average Bonchev–Trinajstić information content (AvgIpc) is 2.62. The van der Waals surface area contributed by atoms with Gasteiger partial charge in [-0.15, -0.1) is 0 Å². The molecule has 0 aromatic heterocycles. The summed E-state index contributed by atoms with van der Waals surface area (Å²) in [6.45, 7) is 1.43. The van der Waals surface area contributed by atoms with Gasteiger partial charge in [0.1, 0.15) is 12.4 Å². The maximum atomic E-state index is 12.8. The maximum Gasteiger partial charge on any atom is 0.261 e. The Balaban J connectivity index is 1.62. The van der Waals surface area contributed by atoms with Crippen molar-refractivity contribution in [2.75, 3.05) is 29.8 Å². The highest BCUT2D eigenvalue weighted by Crippen LogP contribution is 2.34. The zero-order valence-corrected chi connectivity index (χ0v) is 15.1. The lowest BCUT2D eigenvalue weighted by molar-refractivity contribution is 0.311. The van der Waals surface area contributed by atoms with Crippen LogP contribution >= 0.6 is 0 Å². The molecule has 0 fully saturated rings. The summed E-state index contributed by atoms with van der Waals surface area (Å²) in [5.41, 5.74) is 3.89. The molecule has 1 heterocycles. The molecule has 0 saturated carbocycles. The van der Waals surface area contributed by atoms with Gasteiger partial charge < -0.3 is 9.64 Å². The number of benzene rings is 2. The van der Waals surface area contributed by atoms with Crippen molar-refractivity contribution in [2.45, 2.75) is 30.6 Å². The number of sulfonamides is 1. The molecule has 1 N–H and O–H groups in total. The number of nitrogens with zero attached hydrogens (tertiary/aromatic N) is 1. The monoisotopic (exact) mass is 358 g/mol. The Morgan fingerprint density at radius 1 is 1.04 bits per heavy atom. The Bertz CT molecular complexity index is 909. The van der Waals surface area contributed by atoms with E-state index in [1.165, 1.54) is 12.0 Å². The van der Waals surface area contributed by atoms with Crippen molar-refractivity contribution >= 4 is 21.4 Å². The molecule has 0 saturated heterocycles. The van der Waals surface area contributed by atoms with Gasteiger partial charge >= 0.3 is 0 Å². The lowest BCUT2D eigenvalue weighted by Crippen LogP contribution is -2.28. The van der Waals surface area contributed by atoms with Crippen LogP contribution in [0.5, 0.6) is 5.75 Å². The van der Waals surface area contributed by atoms with Gasteiger partial charge in [0.2, 0.25) is 0 Å². The lowest BCUT2D eigenvalue weighted by atomic mass is 9.92. The largest absolute Gasteiger partial charge is 0.490 e. The normalized spacial score (nSPS) is 16.6. The molecule has 2 aromatic rings. The van der Waals surface area contributed by atoms with Crippen LogP contribution in [0.1, 0.15) is 24.0 Å². The fourth-order valence-corrected chi connectivity index (χ4v) is 4.60. The Labute approximate surface area is 148 Å². The summed E-state index contributed by atoms with van der Waals surface area (Å²) in [5.74, 6) is 0.783. The third kappa shape index (κ3) is 3.18. The van der Waals surface area contributed by atoms with Gasteiger partial charge in [-0.2, -0.15) is 0 Å². The highest BCUT2D eigenvalue weighted by molar-refractivity contribution is 7.92. The van der Waals surface area contributed by atoms with Crippen LogP contribution < -0.4 is 14.4 Å². The fraction of sp³-hybridized carbons (Fsp3) is 0.368. The second-order valence-electron chi connectivity index (χ2n) is 6.70. The molecular weight excluding hydrogens is 336 g/mol. The lowest BCUT2D eigenvalue weighted by Gasteiger charge is -2.28. The number of ether oxygens (including phenoxy) is 1. The van der Waals surface area contributed by atoms with Crippen molar-refractivity contribution in [1.29, 1.82) is 0 Å². The Morgan fingerprint density at radius 2 is 1.84 bits per heavy atom. The molecule has 0 spiro atoms. The molecule has 0 atom stereocenters. The molecular formula is C19H22N2O3S. The molecule has 1 aliphatic heterocycles. The first kappa shape index (κ1) is 16.3. The van der Waals surface area contributed by atoms with Gasteiger partial charge in [-0.25, -0.2) is 8.42 Å². The van der Waals surface area contributed by atoms with Gasteiger partial charge in [-0.3, -0.25) is 4.72 Å². The second kappa shape index (κ2) is 6.26. The molecule has 1 aliphatic carbocycles.